The first kappa shape index (κ1) is 20.7. The third-order valence-electron chi connectivity index (χ3n) is 5.65. The average molecular weight is 442 g/mol. The zero-order valence-electron chi connectivity index (χ0n) is 17.7. The van der Waals surface area contributed by atoms with Crippen molar-refractivity contribution in [1.82, 2.24) is 9.97 Å². The molecule has 4 aromatic rings. The van der Waals surface area contributed by atoms with Crippen molar-refractivity contribution in [2.45, 2.75) is 0 Å². The first-order valence-corrected chi connectivity index (χ1v) is 10.6. The smallest absolute Gasteiger partial charge is 0.335 e. The number of nitrogens with one attached hydrogen (secondary N) is 2. The van der Waals surface area contributed by atoms with Gasteiger partial charge in [-0.1, -0.05) is 0 Å². The van der Waals surface area contributed by atoms with Crippen LogP contribution in [-0.4, -0.2) is 53.3 Å². The van der Waals surface area contributed by atoms with Crippen LogP contribution in [0.5, 0.6) is 0 Å². The van der Waals surface area contributed by atoms with Gasteiger partial charge in [-0.2, -0.15) is 0 Å². The SMILES string of the molecule is O=C(O)c1ccc(NC(=O)c2ccc3nc(-c4ccc(N5CCOCC5)cc4)[nH]c3c2)cc1. The Morgan fingerprint density at radius 1 is 0.939 bits per heavy atom. The van der Waals surface area contributed by atoms with E-state index in [0.29, 0.717) is 11.3 Å². The van der Waals surface area contributed by atoms with E-state index in [1.165, 1.54) is 12.1 Å². The summed E-state index contributed by atoms with van der Waals surface area (Å²) in [7, 11) is 0. The van der Waals surface area contributed by atoms with Gasteiger partial charge in [0.15, 0.2) is 0 Å². The summed E-state index contributed by atoms with van der Waals surface area (Å²) in [6, 6.07) is 19.6. The lowest BCUT2D eigenvalue weighted by molar-refractivity contribution is 0.0696. The number of rotatable bonds is 5. The molecule has 3 N–H and O–H groups in total. The maximum absolute atomic E-state index is 12.7. The standard InChI is InChI=1S/C25H22N4O4/c30-24(26-19-6-1-17(2-7-19)25(31)32)18-5-10-21-22(15-18)28-23(27-21)16-3-8-20(9-4-16)29-11-13-33-14-12-29/h1-10,15H,11-14H2,(H,26,30)(H,27,28)(H,31,32). The van der Waals surface area contributed by atoms with Crippen LogP contribution >= 0.6 is 0 Å². The van der Waals surface area contributed by atoms with Gasteiger partial charge in [0, 0.05) is 35.6 Å². The number of amides is 1. The molecule has 2 heterocycles. The van der Waals surface area contributed by atoms with E-state index in [9.17, 15) is 9.59 Å². The molecule has 0 unspecified atom stereocenters. The maximum Gasteiger partial charge on any atom is 0.335 e. The fourth-order valence-electron chi connectivity index (χ4n) is 3.84. The minimum Gasteiger partial charge on any atom is -0.478 e. The highest BCUT2D eigenvalue weighted by atomic mass is 16.5. The number of fused-ring (bicyclic) bond motifs is 1. The molecule has 0 aliphatic carbocycles. The monoisotopic (exact) mass is 442 g/mol. The Morgan fingerprint density at radius 3 is 2.33 bits per heavy atom. The van der Waals surface area contributed by atoms with Crippen LogP contribution in [0.3, 0.4) is 0 Å². The first-order chi connectivity index (χ1) is 16.1. The molecule has 166 valence electrons. The molecule has 5 rings (SSSR count). The number of carbonyl (C=O) groups excluding carboxylic acids is 1. The normalized spacial score (nSPS) is 13.8. The Morgan fingerprint density at radius 2 is 1.64 bits per heavy atom. The molecule has 1 fully saturated rings. The lowest BCUT2D eigenvalue weighted by atomic mass is 10.1. The highest BCUT2D eigenvalue weighted by Crippen LogP contribution is 2.25. The van der Waals surface area contributed by atoms with Gasteiger partial charge in [-0.15, -0.1) is 0 Å². The summed E-state index contributed by atoms with van der Waals surface area (Å²) in [5, 5.41) is 11.8. The second kappa shape index (κ2) is 8.76. The lowest BCUT2D eigenvalue weighted by Gasteiger charge is -2.28. The molecule has 8 nitrogen and oxygen atoms in total. The minimum atomic E-state index is -1.01. The number of aromatic nitrogens is 2. The summed E-state index contributed by atoms with van der Waals surface area (Å²) < 4.78 is 5.41. The molecular weight excluding hydrogens is 420 g/mol. The van der Waals surface area contributed by atoms with Crippen molar-refractivity contribution in [3.05, 3.63) is 77.9 Å². The van der Waals surface area contributed by atoms with E-state index in [1.54, 1.807) is 30.3 Å². The van der Waals surface area contributed by atoms with Crippen LogP contribution in [0.4, 0.5) is 11.4 Å². The van der Waals surface area contributed by atoms with Gasteiger partial charge in [0.1, 0.15) is 5.82 Å². The molecule has 0 spiro atoms. The Hall–Kier alpha value is -4.17. The molecule has 0 radical (unpaired) electrons. The van der Waals surface area contributed by atoms with Crippen LogP contribution in [0.2, 0.25) is 0 Å². The summed E-state index contributed by atoms with van der Waals surface area (Å²) in [5.41, 5.74) is 4.82. The molecule has 33 heavy (non-hydrogen) atoms. The van der Waals surface area contributed by atoms with Gasteiger partial charge in [0.05, 0.1) is 29.8 Å². The third kappa shape index (κ3) is 4.42. The Bertz CT molecular complexity index is 1310. The summed E-state index contributed by atoms with van der Waals surface area (Å²) in [6.07, 6.45) is 0. The molecule has 3 aromatic carbocycles. The zero-order chi connectivity index (χ0) is 22.8. The number of imidazole rings is 1. The Balaban J connectivity index is 1.33. The fourth-order valence-corrected chi connectivity index (χ4v) is 3.84. The number of hydrogen-bond acceptors (Lipinski definition) is 5. The number of nitrogens with zero attached hydrogens (tertiary/aromatic N) is 2. The Labute approximate surface area is 189 Å². The third-order valence-corrected chi connectivity index (χ3v) is 5.65. The number of morpholine rings is 1. The van der Waals surface area contributed by atoms with Crippen LogP contribution in [-0.2, 0) is 4.74 Å². The molecule has 1 aliphatic heterocycles. The maximum atomic E-state index is 12.7. The van der Waals surface area contributed by atoms with E-state index in [0.717, 1.165) is 54.4 Å². The molecule has 0 atom stereocenters. The number of aromatic amines is 1. The largest absolute Gasteiger partial charge is 0.478 e. The van der Waals surface area contributed by atoms with Gasteiger partial charge < -0.3 is 25.0 Å². The number of carbonyl (C=O) groups is 2. The fraction of sp³-hybridized carbons (Fsp3) is 0.160. The van der Waals surface area contributed by atoms with Crippen molar-refractivity contribution >= 4 is 34.3 Å². The molecule has 0 saturated carbocycles. The molecule has 1 saturated heterocycles. The van der Waals surface area contributed by atoms with Crippen LogP contribution in [0.15, 0.2) is 66.7 Å². The van der Waals surface area contributed by atoms with Gasteiger partial charge in [-0.3, -0.25) is 4.79 Å². The van der Waals surface area contributed by atoms with E-state index in [2.05, 4.69) is 32.3 Å². The Kier molecular flexibility index (Phi) is 5.50. The van der Waals surface area contributed by atoms with E-state index in [4.69, 9.17) is 9.84 Å². The molecule has 1 aliphatic rings. The van der Waals surface area contributed by atoms with Crippen molar-refractivity contribution < 1.29 is 19.4 Å². The molecular formula is C25H22N4O4. The number of aromatic carboxylic acids is 1. The summed E-state index contributed by atoms with van der Waals surface area (Å²) in [4.78, 5) is 33.9. The van der Waals surface area contributed by atoms with Crippen molar-refractivity contribution in [1.29, 1.82) is 0 Å². The topological polar surface area (TPSA) is 108 Å². The van der Waals surface area contributed by atoms with E-state index >= 15 is 0 Å². The van der Waals surface area contributed by atoms with Crippen LogP contribution in [0, 0.1) is 0 Å². The summed E-state index contributed by atoms with van der Waals surface area (Å²) in [6.45, 7) is 3.26. The van der Waals surface area contributed by atoms with Gasteiger partial charge in [0.2, 0.25) is 0 Å². The van der Waals surface area contributed by atoms with Crippen molar-refractivity contribution in [3.63, 3.8) is 0 Å². The number of carboxylic acid groups (broad SMARTS) is 1. The highest BCUT2D eigenvalue weighted by molar-refractivity contribution is 6.06. The summed E-state index contributed by atoms with van der Waals surface area (Å²) in [5.74, 6) is -0.560. The predicted molar refractivity (Wildman–Crippen MR) is 126 cm³/mol. The van der Waals surface area contributed by atoms with Crippen molar-refractivity contribution in [2.24, 2.45) is 0 Å². The van der Waals surface area contributed by atoms with Crippen LogP contribution in [0.25, 0.3) is 22.4 Å². The number of benzene rings is 3. The quantitative estimate of drug-likeness (QED) is 0.431. The van der Waals surface area contributed by atoms with Gasteiger partial charge >= 0.3 is 5.97 Å². The second-order valence-electron chi connectivity index (χ2n) is 7.80. The average Bonchev–Trinajstić information content (AvgIpc) is 3.28. The molecule has 1 aromatic heterocycles. The predicted octanol–water partition coefficient (Wildman–Crippen LogP) is 4.02. The number of anilines is 2. The van der Waals surface area contributed by atoms with E-state index < -0.39 is 5.97 Å². The second-order valence-corrected chi connectivity index (χ2v) is 7.80. The van der Waals surface area contributed by atoms with Gasteiger partial charge in [0.25, 0.3) is 5.91 Å². The van der Waals surface area contributed by atoms with Crippen LogP contribution < -0.4 is 10.2 Å². The van der Waals surface area contributed by atoms with E-state index in [-0.39, 0.29) is 11.5 Å². The molecule has 0 bridgehead atoms. The summed E-state index contributed by atoms with van der Waals surface area (Å²) >= 11 is 0. The number of H-pyrrole nitrogens is 1. The number of ether oxygens (including phenoxy) is 1. The highest BCUT2D eigenvalue weighted by Gasteiger charge is 2.13. The molecule has 1 amide bonds. The zero-order valence-corrected chi connectivity index (χ0v) is 17.7. The van der Waals surface area contributed by atoms with Gasteiger partial charge in [-0.05, 0) is 66.7 Å². The number of hydrogen-bond donors (Lipinski definition) is 3. The van der Waals surface area contributed by atoms with Crippen LogP contribution in [0.1, 0.15) is 20.7 Å². The van der Waals surface area contributed by atoms with Crippen molar-refractivity contribution in [3.8, 4) is 11.4 Å². The minimum absolute atomic E-state index is 0.164. The van der Waals surface area contributed by atoms with E-state index in [1.807, 2.05) is 12.1 Å². The lowest BCUT2D eigenvalue weighted by Crippen LogP contribution is -2.36. The van der Waals surface area contributed by atoms with Crippen molar-refractivity contribution in [2.75, 3.05) is 36.5 Å². The molecule has 8 heteroatoms. The first-order valence-electron chi connectivity index (χ1n) is 10.6. The van der Waals surface area contributed by atoms with Gasteiger partial charge in [-0.25, -0.2) is 9.78 Å². The number of carboxylic acids is 1.